The lowest BCUT2D eigenvalue weighted by Gasteiger charge is -2.25. The molecule has 2 rings (SSSR count). The Kier molecular flexibility index (Phi) is 3.24. The standard InChI is InChI=1S/C12H16BrN/c1-14-8-10-4-2-3-9-7-11(13)5-6-12(9)10/h5-7,10,14H,2-4,8H2,1H3. The lowest BCUT2D eigenvalue weighted by Crippen LogP contribution is -2.21. The van der Waals surface area contributed by atoms with E-state index in [1.54, 1.807) is 5.56 Å². The maximum atomic E-state index is 3.53. The van der Waals surface area contributed by atoms with Crippen molar-refractivity contribution < 1.29 is 0 Å². The highest BCUT2D eigenvalue weighted by molar-refractivity contribution is 9.10. The van der Waals surface area contributed by atoms with Gasteiger partial charge in [-0.2, -0.15) is 0 Å². The van der Waals surface area contributed by atoms with Gasteiger partial charge in [0.05, 0.1) is 0 Å². The molecule has 0 heterocycles. The van der Waals surface area contributed by atoms with E-state index in [0.29, 0.717) is 0 Å². The summed E-state index contributed by atoms with van der Waals surface area (Å²) < 4.78 is 1.21. The second kappa shape index (κ2) is 4.45. The van der Waals surface area contributed by atoms with E-state index in [0.717, 1.165) is 12.5 Å². The van der Waals surface area contributed by atoms with Gasteiger partial charge in [0.2, 0.25) is 0 Å². The van der Waals surface area contributed by atoms with Gasteiger partial charge in [-0.3, -0.25) is 0 Å². The van der Waals surface area contributed by atoms with Crippen LogP contribution in [0.4, 0.5) is 0 Å². The third-order valence-electron chi connectivity index (χ3n) is 2.99. The molecule has 1 unspecified atom stereocenters. The van der Waals surface area contributed by atoms with Gasteiger partial charge < -0.3 is 5.32 Å². The van der Waals surface area contributed by atoms with Crippen molar-refractivity contribution in [3.05, 3.63) is 33.8 Å². The summed E-state index contributed by atoms with van der Waals surface area (Å²) in [5.41, 5.74) is 3.08. The molecular formula is C12H16BrN. The van der Waals surface area contributed by atoms with E-state index in [1.807, 2.05) is 7.05 Å². The first-order valence-corrected chi connectivity index (χ1v) is 6.03. The first-order valence-electron chi connectivity index (χ1n) is 5.24. The molecule has 0 spiro atoms. The van der Waals surface area contributed by atoms with Crippen LogP contribution in [-0.4, -0.2) is 13.6 Å². The van der Waals surface area contributed by atoms with Crippen LogP contribution >= 0.6 is 15.9 Å². The first kappa shape index (κ1) is 10.2. The summed E-state index contributed by atoms with van der Waals surface area (Å²) in [5.74, 6) is 0.719. The SMILES string of the molecule is CNCC1CCCc2cc(Br)ccc21. The molecule has 0 saturated carbocycles. The molecule has 0 amide bonds. The molecule has 0 bridgehead atoms. The molecule has 0 aromatic heterocycles. The quantitative estimate of drug-likeness (QED) is 0.855. The molecule has 1 aromatic carbocycles. The van der Waals surface area contributed by atoms with Gasteiger partial charge in [0, 0.05) is 11.0 Å². The molecule has 0 saturated heterocycles. The molecule has 1 nitrogen and oxygen atoms in total. The van der Waals surface area contributed by atoms with Gasteiger partial charge in [0.1, 0.15) is 0 Å². The minimum absolute atomic E-state index is 0.719. The number of halogens is 1. The number of benzene rings is 1. The first-order chi connectivity index (χ1) is 6.81. The van der Waals surface area contributed by atoms with Crippen molar-refractivity contribution in [3.8, 4) is 0 Å². The average Bonchev–Trinajstić information content (AvgIpc) is 2.18. The van der Waals surface area contributed by atoms with E-state index in [2.05, 4.69) is 39.4 Å². The number of fused-ring (bicyclic) bond motifs is 1. The van der Waals surface area contributed by atoms with Crippen LogP contribution in [0.1, 0.15) is 29.9 Å². The maximum absolute atomic E-state index is 3.53. The van der Waals surface area contributed by atoms with Gasteiger partial charge in [-0.15, -0.1) is 0 Å². The minimum Gasteiger partial charge on any atom is -0.319 e. The molecule has 2 heteroatoms. The van der Waals surface area contributed by atoms with E-state index in [9.17, 15) is 0 Å². The van der Waals surface area contributed by atoms with Gasteiger partial charge in [0.25, 0.3) is 0 Å². The normalized spacial score (nSPS) is 20.6. The Morgan fingerprint density at radius 2 is 2.36 bits per heavy atom. The summed E-state index contributed by atoms with van der Waals surface area (Å²) in [6.07, 6.45) is 3.90. The molecule has 1 aliphatic rings. The van der Waals surface area contributed by atoms with Crippen molar-refractivity contribution in [2.45, 2.75) is 25.2 Å². The van der Waals surface area contributed by atoms with Crippen molar-refractivity contribution in [2.75, 3.05) is 13.6 Å². The molecule has 14 heavy (non-hydrogen) atoms. The lowest BCUT2D eigenvalue weighted by molar-refractivity contribution is 0.529. The molecule has 1 N–H and O–H groups in total. The fraction of sp³-hybridized carbons (Fsp3) is 0.500. The van der Waals surface area contributed by atoms with E-state index in [-0.39, 0.29) is 0 Å². The van der Waals surface area contributed by atoms with E-state index in [1.165, 1.54) is 29.3 Å². The summed E-state index contributed by atoms with van der Waals surface area (Å²) in [5, 5.41) is 3.28. The number of likely N-dealkylation sites (N-methyl/N-ethyl adjacent to an activating group) is 1. The zero-order valence-electron chi connectivity index (χ0n) is 8.52. The van der Waals surface area contributed by atoms with Crippen LogP contribution in [0.2, 0.25) is 0 Å². The molecule has 0 fully saturated rings. The van der Waals surface area contributed by atoms with E-state index >= 15 is 0 Å². The average molecular weight is 254 g/mol. The zero-order chi connectivity index (χ0) is 9.97. The number of nitrogens with one attached hydrogen (secondary N) is 1. The summed E-state index contributed by atoms with van der Waals surface area (Å²) >= 11 is 3.53. The second-order valence-corrected chi connectivity index (χ2v) is 4.91. The van der Waals surface area contributed by atoms with Gasteiger partial charge in [-0.25, -0.2) is 0 Å². The van der Waals surface area contributed by atoms with Crippen LogP contribution in [0.3, 0.4) is 0 Å². The molecule has 1 atom stereocenters. The highest BCUT2D eigenvalue weighted by Gasteiger charge is 2.19. The number of rotatable bonds is 2. The summed E-state index contributed by atoms with van der Waals surface area (Å²) in [7, 11) is 2.03. The van der Waals surface area contributed by atoms with Crippen molar-refractivity contribution in [2.24, 2.45) is 0 Å². The van der Waals surface area contributed by atoms with Crippen LogP contribution < -0.4 is 5.32 Å². The predicted molar refractivity (Wildman–Crippen MR) is 63.7 cm³/mol. The second-order valence-electron chi connectivity index (χ2n) is 3.99. The smallest absolute Gasteiger partial charge is 0.0178 e. The Balaban J connectivity index is 2.30. The summed E-state index contributed by atoms with van der Waals surface area (Å²) in [6.45, 7) is 1.11. The summed E-state index contributed by atoms with van der Waals surface area (Å²) in [4.78, 5) is 0. The molecular weight excluding hydrogens is 238 g/mol. The monoisotopic (exact) mass is 253 g/mol. The predicted octanol–water partition coefficient (Wildman–Crippen LogP) is 3.09. The van der Waals surface area contributed by atoms with Crippen molar-refractivity contribution in [1.82, 2.24) is 5.32 Å². The van der Waals surface area contributed by atoms with Gasteiger partial charge in [0.15, 0.2) is 0 Å². The highest BCUT2D eigenvalue weighted by Crippen LogP contribution is 2.32. The van der Waals surface area contributed by atoms with Crippen LogP contribution in [0.25, 0.3) is 0 Å². The largest absolute Gasteiger partial charge is 0.319 e. The Hall–Kier alpha value is -0.340. The molecule has 0 aliphatic heterocycles. The Labute approximate surface area is 94.0 Å². The van der Waals surface area contributed by atoms with Gasteiger partial charge >= 0.3 is 0 Å². The number of hydrogen-bond donors (Lipinski definition) is 1. The molecule has 1 aromatic rings. The Morgan fingerprint density at radius 1 is 1.50 bits per heavy atom. The fourth-order valence-corrected chi connectivity index (χ4v) is 2.75. The molecule has 0 radical (unpaired) electrons. The Bertz CT molecular complexity index is 322. The lowest BCUT2D eigenvalue weighted by atomic mass is 9.83. The summed E-state index contributed by atoms with van der Waals surface area (Å²) in [6, 6.07) is 6.71. The fourth-order valence-electron chi connectivity index (χ4n) is 2.34. The van der Waals surface area contributed by atoms with Crippen LogP contribution in [0.5, 0.6) is 0 Å². The maximum Gasteiger partial charge on any atom is 0.0178 e. The molecule has 1 aliphatic carbocycles. The third-order valence-corrected chi connectivity index (χ3v) is 3.49. The van der Waals surface area contributed by atoms with Crippen LogP contribution in [0.15, 0.2) is 22.7 Å². The van der Waals surface area contributed by atoms with Crippen molar-refractivity contribution >= 4 is 15.9 Å². The Morgan fingerprint density at radius 3 is 3.14 bits per heavy atom. The number of hydrogen-bond acceptors (Lipinski definition) is 1. The highest BCUT2D eigenvalue weighted by atomic mass is 79.9. The van der Waals surface area contributed by atoms with Crippen molar-refractivity contribution in [1.29, 1.82) is 0 Å². The zero-order valence-corrected chi connectivity index (χ0v) is 10.1. The topological polar surface area (TPSA) is 12.0 Å². The third kappa shape index (κ3) is 2.01. The molecule has 76 valence electrons. The number of aryl methyl sites for hydroxylation is 1. The van der Waals surface area contributed by atoms with Crippen LogP contribution in [0, 0.1) is 0 Å². The van der Waals surface area contributed by atoms with Crippen LogP contribution in [-0.2, 0) is 6.42 Å². The van der Waals surface area contributed by atoms with Gasteiger partial charge in [-0.05, 0) is 55.5 Å². The minimum atomic E-state index is 0.719. The van der Waals surface area contributed by atoms with Gasteiger partial charge in [-0.1, -0.05) is 22.0 Å². The van der Waals surface area contributed by atoms with Crippen molar-refractivity contribution in [3.63, 3.8) is 0 Å². The van der Waals surface area contributed by atoms with E-state index < -0.39 is 0 Å². The van der Waals surface area contributed by atoms with E-state index in [4.69, 9.17) is 0 Å².